The van der Waals surface area contributed by atoms with Crippen LogP contribution in [0, 0.1) is 5.92 Å². The normalized spacial score (nSPS) is 21.4. The number of rotatable bonds is 4. The van der Waals surface area contributed by atoms with Crippen LogP contribution in [0.25, 0.3) is 0 Å². The molecule has 1 aromatic carbocycles. The summed E-state index contributed by atoms with van der Waals surface area (Å²) in [6, 6.07) is 6.02. The summed E-state index contributed by atoms with van der Waals surface area (Å²) in [4.78, 5) is 17.2. The van der Waals surface area contributed by atoms with E-state index in [1.165, 1.54) is 0 Å². The first-order valence-corrected chi connectivity index (χ1v) is 9.92. The fourth-order valence-electron chi connectivity index (χ4n) is 3.72. The third-order valence-electron chi connectivity index (χ3n) is 5.43. The van der Waals surface area contributed by atoms with Gasteiger partial charge < -0.3 is 10.2 Å². The Morgan fingerprint density at radius 2 is 1.80 bits per heavy atom. The molecule has 1 amide bonds. The second kappa shape index (κ2) is 8.72. The van der Waals surface area contributed by atoms with Crippen LogP contribution in [0.4, 0.5) is 0 Å². The van der Waals surface area contributed by atoms with Crippen molar-refractivity contribution in [3.63, 3.8) is 0 Å². The lowest BCUT2D eigenvalue weighted by Crippen LogP contribution is -2.47. The monoisotopic (exact) mass is 383 g/mol. The standard InChI is InChI=1S/C19H27Cl2N3O/c1-23-8-6-17(7-9-23)22-19(25)14-4-10-24(11-5-14)13-15-2-3-16(20)12-18(15)21/h2-3,12,14,17H,4-11,13H2,1H3,(H,22,25). The predicted molar refractivity (Wildman–Crippen MR) is 103 cm³/mol. The highest BCUT2D eigenvalue weighted by Crippen LogP contribution is 2.25. The third kappa shape index (κ3) is 5.33. The van der Waals surface area contributed by atoms with Gasteiger partial charge in [-0.3, -0.25) is 9.69 Å². The van der Waals surface area contributed by atoms with E-state index in [-0.39, 0.29) is 11.8 Å². The van der Waals surface area contributed by atoms with Crippen LogP contribution in [0.5, 0.6) is 0 Å². The van der Waals surface area contributed by atoms with Gasteiger partial charge in [0.2, 0.25) is 5.91 Å². The summed E-state index contributed by atoms with van der Waals surface area (Å²) in [5.41, 5.74) is 1.10. The molecule has 0 spiro atoms. The zero-order valence-electron chi connectivity index (χ0n) is 14.8. The van der Waals surface area contributed by atoms with Crippen molar-refractivity contribution in [3.8, 4) is 0 Å². The fraction of sp³-hybridized carbons (Fsp3) is 0.632. The lowest BCUT2D eigenvalue weighted by Gasteiger charge is -2.34. The molecule has 4 nitrogen and oxygen atoms in total. The average Bonchev–Trinajstić information content (AvgIpc) is 2.60. The maximum atomic E-state index is 12.5. The molecule has 2 fully saturated rings. The smallest absolute Gasteiger partial charge is 0.223 e. The van der Waals surface area contributed by atoms with E-state index in [0.29, 0.717) is 11.1 Å². The van der Waals surface area contributed by atoms with Gasteiger partial charge in [-0.25, -0.2) is 0 Å². The summed E-state index contributed by atoms with van der Waals surface area (Å²) in [5, 5.41) is 4.65. The van der Waals surface area contributed by atoms with Crippen molar-refractivity contribution < 1.29 is 4.79 Å². The SMILES string of the molecule is CN1CCC(NC(=O)C2CCN(Cc3ccc(Cl)cc3Cl)CC2)CC1. The Bertz CT molecular complexity index is 594. The number of piperidine rings is 2. The van der Waals surface area contributed by atoms with Crippen LogP contribution in [-0.2, 0) is 11.3 Å². The molecule has 0 bridgehead atoms. The first-order valence-electron chi connectivity index (χ1n) is 9.16. The van der Waals surface area contributed by atoms with E-state index in [0.717, 1.165) is 69.0 Å². The molecule has 2 aliphatic heterocycles. The minimum atomic E-state index is 0.150. The molecule has 2 heterocycles. The summed E-state index contributed by atoms with van der Waals surface area (Å²) < 4.78 is 0. The molecular formula is C19H27Cl2N3O. The molecule has 0 aromatic heterocycles. The largest absolute Gasteiger partial charge is 0.353 e. The maximum absolute atomic E-state index is 12.5. The highest BCUT2D eigenvalue weighted by molar-refractivity contribution is 6.35. The summed E-state index contributed by atoms with van der Waals surface area (Å²) in [6.45, 7) is 4.84. The number of amides is 1. The molecule has 0 atom stereocenters. The number of nitrogens with zero attached hydrogens (tertiary/aromatic N) is 2. The minimum absolute atomic E-state index is 0.150. The second-order valence-corrected chi connectivity index (χ2v) is 8.22. The van der Waals surface area contributed by atoms with E-state index in [4.69, 9.17) is 23.2 Å². The van der Waals surface area contributed by atoms with Gasteiger partial charge in [0.05, 0.1) is 0 Å². The van der Waals surface area contributed by atoms with E-state index in [2.05, 4.69) is 22.2 Å². The second-order valence-electron chi connectivity index (χ2n) is 7.37. The quantitative estimate of drug-likeness (QED) is 0.864. The minimum Gasteiger partial charge on any atom is -0.353 e. The lowest BCUT2D eigenvalue weighted by molar-refractivity contribution is -0.127. The van der Waals surface area contributed by atoms with Gasteiger partial charge in [-0.1, -0.05) is 29.3 Å². The Morgan fingerprint density at radius 3 is 2.44 bits per heavy atom. The summed E-state index contributed by atoms with van der Waals surface area (Å²) in [7, 11) is 2.14. The van der Waals surface area contributed by atoms with Crippen LogP contribution in [-0.4, -0.2) is 55.0 Å². The van der Waals surface area contributed by atoms with Crippen molar-refractivity contribution in [1.29, 1.82) is 0 Å². The van der Waals surface area contributed by atoms with Gasteiger partial charge >= 0.3 is 0 Å². The number of carbonyl (C=O) groups is 1. The molecule has 25 heavy (non-hydrogen) atoms. The van der Waals surface area contributed by atoms with Crippen molar-refractivity contribution in [2.45, 2.75) is 38.3 Å². The van der Waals surface area contributed by atoms with Crippen molar-refractivity contribution in [2.24, 2.45) is 5.92 Å². The Morgan fingerprint density at radius 1 is 1.12 bits per heavy atom. The van der Waals surface area contributed by atoms with Gasteiger partial charge in [0.15, 0.2) is 0 Å². The first kappa shape index (κ1) is 19.0. The Hall–Kier alpha value is -0.810. The summed E-state index contributed by atoms with van der Waals surface area (Å²) >= 11 is 12.2. The molecule has 2 saturated heterocycles. The van der Waals surface area contributed by atoms with Gasteiger partial charge in [0.1, 0.15) is 0 Å². The van der Waals surface area contributed by atoms with E-state index in [1.54, 1.807) is 6.07 Å². The lowest BCUT2D eigenvalue weighted by atomic mass is 9.94. The van der Waals surface area contributed by atoms with Crippen molar-refractivity contribution in [2.75, 3.05) is 33.2 Å². The highest BCUT2D eigenvalue weighted by Gasteiger charge is 2.27. The van der Waals surface area contributed by atoms with E-state index >= 15 is 0 Å². The number of nitrogens with one attached hydrogen (secondary N) is 1. The molecule has 1 N–H and O–H groups in total. The van der Waals surface area contributed by atoms with E-state index in [9.17, 15) is 4.79 Å². The Kier molecular flexibility index (Phi) is 6.61. The molecule has 3 rings (SSSR count). The zero-order valence-corrected chi connectivity index (χ0v) is 16.3. The van der Waals surface area contributed by atoms with Crippen molar-refractivity contribution in [3.05, 3.63) is 33.8 Å². The predicted octanol–water partition coefficient (Wildman–Crippen LogP) is 3.42. The first-order chi connectivity index (χ1) is 12.0. The molecule has 6 heteroatoms. The summed E-state index contributed by atoms with van der Waals surface area (Å²) in [5.74, 6) is 0.398. The number of halogens is 2. The number of carbonyl (C=O) groups excluding carboxylic acids is 1. The molecule has 138 valence electrons. The van der Waals surface area contributed by atoms with Crippen LogP contribution in [0.2, 0.25) is 10.0 Å². The molecule has 2 aliphatic rings. The highest BCUT2D eigenvalue weighted by atomic mass is 35.5. The number of hydrogen-bond donors (Lipinski definition) is 1. The van der Waals surface area contributed by atoms with Crippen LogP contribution in [0.3, 0.4) is 0 Å². The van der Waals surface area contributed by atoms with Crippen LogP contribution >= 0.6 is 23.2 Å². The maximum Gasteiger partial charge on any atom is 0.223 e. The zero-order chi connectivity index (χ0) is 17.8. The average molecular weight is 384 g/mol. The topological polar surface area (TPSA) is 35.6 Å². The van der Waals surface area contributed by atoms with Gasteiger partial charge in [0.25, 0.3) is 0 Å². The molecule has 0 saturated carbocycles. The van der Waals surface area contributed by atoms with Crippen LogP contribution < -0.4 is 5.32 Å². The van der Waals surface area contributed by atoms with Gasteiger partial charge in [-0.2, -0.15) is 0 Å². The molecular weight excluding hydrogens is 357 g/mol. The fourth-order valence-corrected chi connectivity index (χ4v) is 4.18. The van der Waals surface area contributed by atoms with Crippen LogP contribution in [0.1, 0.15) is 31.2 Å². The summed E-state index contributed by atoms with van der Waals surface area (Å²) in [6.07, 6.45) is 3.97. The Balaban J connectivity index is 1.44. The van der Waals surface area contributed by atoms with Crippen molar-refractivity contribution in [1.82, 2.24) is 15.1 Å². The molecule has 0 unspecified atom stereocenters. The number of benzene rings is 1. The van der Waals surface area contributed by atoms with Gasteiger partial charge in [0, 0.05) is 28.5 Å². The van der Waals surface area contributed by atoms with E-state index in [1.807, 2.05) is 12.1 Å². The van der Waals surface area contributed by atoms with Crippen LogP contribution in [0.15, 0.2) is 18.2 Å². The number of hydrogen-bond acceptors (Lipinski definition) is 3. The molecule has 0 radical (unpaired) electrons. The Labute approximate surface area is 160 Å². The molecule has 0 aliphatic carbocycles. The third-order valence-corrected chi connectivity index (χ3v) is 6.02. The van der Waals surface area contributed by atoms with Gasteiger partial charge in [-0.05, 0) is 76.6 Å². The number of likely N-dealkylation sites (tertiary alicyclic amines) is 2. The van der Waals surface area contributed by atoms with Gasteiger partial charge in [-0.15, -0.1) is 0 Å². The molecule has 1 aromatic rings. The van der Waals surface area contributed by atoms with Crippen molar-refractivity contribution >= 4 is 29.1 Å². The van der Waals surface area contributed by atoms with E-state index < -0.39 is 0 Å².